The number of hydrogen-bond donors (Lipinski definition) is 2. The number of nitrogens with two attached hydrogens (primary N) is 1. The number of hydrogen-bond acceptors (Lipinski definition) is 2. The van der Waals surface area contributed by atoms with Crippen LogP contribution in [0.15, 0.2) is 24.3 Å². The molecule has 2 aromatic carbocycles. The van der Waals surface area contributed by atoms with Crippen LogP contribution in [0.4, 0.5) is 28.9 Å². The summed E-state index contributed by atoms with van der Waals surface area (Å²) < 4.78 is 53.1. The van der Waals surface area contributed by atoms with Crippen molar-refractivity contribution < 1.29 is 22.4 Å². The molecule has 7 heteroatoms. The second kappa shape index (κ2) is 5.43. The second-order valence-corrected chi connectivity index (χ2v) is 4.39. The van der Waals surface area contributed by atoms with Crippen LogP contribution in [0.25, 0.3) is 0 Å². The Kier molecular flexibility index (Phi) is 3.84. The predicted octanol–water partition coefficient (Wildman–Crippen LogP) is 3.39. The molecule has 2 aromatic rings. The van der Waals surface area contributed by atoms with E-state index < -0.39 is 34.9 Å². The molecule has 0 atom stereocenters. The molecule has 0 fully saturated rings. The zero-order valence-corrected chi connectivity index (χ0v) is 10.8. The van der Waals surface area contributed by atoms with Crippen molar-refractivity contribution in [2.24, 2.45) is 0 Å². The van der Waals surface area contributed by atoms with E-state index in [1.165, 1.54) is 12.1 Å². The van der Waals surface area contributed by atoms with Gasteiger partial charge in [0.1, 0.15) is 5.69 Å². The summed E-state index contributed by atoms with van der Waals surface area (Å²) in [6.07, 6.45) is 0. The Bertz CT molecular complexity index is 705. The van der Waals surface area contributed by atoms with Gasteiger partial charge in [0.2, 0.25) is 0 Å². The first-order valence-electron chi connectivity index (χ1n) is 5.81. The molecular formula is C14H10F4N2O. The minimum atomic E-state index is -1.69. The third-order valence-corrected chi connectivity index (χ3v) is 2.80. The summed E-state index contributed by atoms with van der Waals surface area (Å²) >= 11 is 0. The van der Waals surface area contributed by atoms with Gasteiger partial charge in [0.25, 0.3) is 5.91 Å². The molecular weight excluding hydrogens is 288 g/mol. The van der Waals surface area contributed by atoms with Gasteiger partial charge in [0, 0.05) is 11.8 Å². The van der Waals surface area contributed by atoms with E-state index in [4.69, 9.17) is 5.73 Å². The number of halogens is 4. The van der Waals surface area contributed by atoms with Crippen LogP contribution >= 0.6 is 0 Å². The fourth-order valence-electron chi connectivity index (χ4n) is 1.73. The van der Waals surface area contributed by atoms with Crippen LogP contribution in [-0.4, -0.2) is 5.91 Å². The highest BCUT2D eigenvalue weighted by Gasteiger charge is 2.22. The maximum atomic E-state index is 13.5. The monoisotopic (exact) mass is 298 g/mol. The Morgan fingerprint density at radius 1 is 1.05 bits per heavy atom. The number of amides is 1. The van der Waals surface area contributed by atoms with Crippen molar-refractivity contribution in [3.63, 3.8) is 0 Å². The van der Waals surface area contributed by atoms with Crippen molar-refractivity contribution >= 4 is 17.3 Å². The fraction of sp³-hybridized carbons (Fsp3) is 0.0714. The van der Waals surface area contributed by atoms with Gasteiger partial charge in [0.05, 0.1) is 5.56 Å². The highest BCUT2D eigenvalue weighted by atomic mass is 19.2. The zero-order chi connectivity index (χ0) is 15.7. The van der Waals surface area contributed by atoms with Crippen molar-refractivity contribution in [1.29, 1.82) is 0 Å². The molecule has 0 aliphatic heterocycles. The molecule has 21 heavy (non-hydrogen) atoms. The zero-order valence-electron chi connectivity index (χ0n) is 10.8. The van der Waals surface area contributed by atoms with Gasteiger partial charge in [0.15, 0.2) is 23.3 Å². The lowest BCUT2D eigenvalue weighted by Crippen LogP contribution is -2.17. The van der Waals surface area contributed by atoms with E-state index in [0.717, 1.165) is 0 Å². The molecule has 0 spiro atoms. The van der Waals surface area contributed by atoms with Crippen LogP contribution in [0.2, 0.25) is 0 Å². The molecule has 110 valence electrons. The van der Waals surface area contributed by atoms with E-state index >= 15 is 0 Å². The number of anilines is 2. The summed E-state index contributed by atoms with van der Waals surface area (Å²) in [6.45, 7) is 1.68. The molecule has 2 rings (SSSR count). The van der Waals surface area contributed by atoms with Crippen molar-refractivity contribution in [1.82, 2.24) is 0 Å². The van der Waals surface area contributed by atoms with Crippen LogP contribution in [0.3, 0.4) is 0 Å². The molecule has 3 nitrogen and oxygen atoms in total. The van der Waals surface area contributed by atoms with E-state index in [-0.39, 0.29) is 17.3 Å². The Morgan fingerprint density at radius 3 is 2.19 bits per heavy atom. The molecule has 0 radical (unpaired) electrons. The van der Waals surface area contributed by atoms with Gasteiger partial charge in [-0.15, -0.1) is 0 Å². The largest absolute Gasteiger partial charge is 0.398 e. The quantitative estimate of drug-likeness (QED) is 0.507. The predicted molar refractivity (Wildman–Crippen MR) is 69.8 cm³/mol. The van der Waals surface area contributed by atoms with Gasteiger partial charge in [-0.2, -0.15) is 0 Å². The van der Waals surface area contributed by atoms with E-state index in [0.29, 0.717) is 5.56 Å². The minimum absolute atomic E-state index is 0.0569. The van der Waals surface area contributed by atoms with Crippen LogP contribution in [0, 0.1) is 30.2 Å². The van der Waals surface area contributed by atoms with Crippen LogP contribution in [0.1, 0.15) is 15.9 Å². The third kappa shape index (κ3) is 2.81. The maximum absolute atomic E-state index is 13.5. The van der Waals surface area contributed by atoms with Crippen molar-refractivity contribution in [2.45, 2.75) is 6.92 Å². The highest BCUT2D eigenvalue weighted by molar-refractivity contribution is 6.08. The summed E-state index contributed by atoms with van der Waals surface area (Å²) in [7, 11) is 0. The van der Waals surface area contributed by atoms with Gasteiger partial charge in [-0.3, -0.25) is 4.79 Å². The molecule has 0 heterocycles. The van der Waals surface area contributed by atoms with Gasteiger partial charge in [-0.1, -0.05) is 11.6 Å². The standard InChI is InChI=1S/C14H10F4N2O/c1-6-2-3-10(19)7(4-6)14(21)20-13-11(17)8(15)5-9(16)12(13)18/h2-5H,19H2,1H3,(H,20,21). The molecule has 0 aliphatic carbocycles. The van der Waals surface area contributed by atoms with Crippen LogP contribution in [0.5, 0.6) is 0 Å². The topological polar surface area (TPSA) is 55.1 Å². The summed E-state index contributed by atoms with van der Waals surface area (Å²) in [5.41, 5.74) is 5.08. The summed E-state index contributed by atoms with van der Waals surface area (Å²) in [5.74, 6) is -7.57. The number of rotatable bonds is 2. The van der Waals surface area contributed by atoms with Crippen molar-refractivity contribution in [2.75, 3.05) is 11.1 Å². The van der Waals surface area contributed by atoms with E-state index in [1.54, 1.807) is 18.3 Å². The first-order chi connectivity index (χ1) is 9.81. The molecule has 0 saturated heterocycles. The van der Waals surface area contributed by atoms with Gasteiger partial charge in [-0.25, -0.2) is 17.6 Å². The van der Waals surface area contributed by atoms with Gasteiger partial charge >= 0.3 is 0 Å². The van der Waals surface area contributed by atoms with Crippen LogP contribution < -0.4 is 11.1 Å². The fourth-order valence-corrected chi connectivity index (χ4v) is 1.73. The number of carbonyl (C=O) groups excluding carboxylic acids is 1. The number of nitrogens with one attached hydrogen (secondary N) is 1. The molecule has 0 bridgehead atoms. The number of nitrogen functional groups attached to an aromatic ring is 1. The number of aryl methyl sites for hydroxylation is 1. The SMILES string of the molecule is Cc1ccc(N)c(C(=O)Nc2c(F)c(F)cc(F)c2F)c1. The van der Waals surface area contributed by atoms with Gasteiger partial charge < -0.3 is 11.1 Å². The Balaban J connectivity index is 2.43. The smallest absolute Gasteiger partial charge is 0.257 e. The third-order valence-electron chi connectivity index (χ3n) is 2.80. The number of benzene rings is 2. The average Bonchev–Trinajstić information content (AvgIpc) is 2.43. The molecule has 0 unspecified atom stereocenters. The number of carbonyl (C=O) groups is 1. The molecule has 0 aliphatic rings. The Labute approximate surface area is 117 Å². The lowest BCUT2D eigenvalue weighted by molar-refractivity contribution is 0.102. The Hall–Kier alpha value is -2.57. The lowest BCUT2D eigenvalue weighted by Gasteiger charge is -2.10. The highest BCUT2D eigenvalue weighted by Crippen LogP contribution is 2.25. The molecule has 1 amide bonds. The summed E-state index contributed by atoms with van der Waals surface area (Å²) in [6, 6.07) is 4.51. The van der Waals surface area contributed by atoms with E-state index in [1.807, 2.05) is 0 Å². The lowest BCUT2D eigenvalue weighted by atomic mass is 10.1. The minimum Gasteiger partial charge on any atom is -0.398 e. The van der Waals surface area contributed by atoms with Crippen molar-refractivity contribution in [3.8, 4) is 0 Å². The summed E-state index contributed by atoms with van der Waals surface area (Å²) in [5, 5.41) is 1.80. The van der Waals surface area contributed by atoms with Crippen molar-refractivity contribution in [3.05, 3.63) is 58.7 Å². The molecule has 3 N–H and O–H groups in total. The normalized spacial score (nSPS) is 10.5. The Morgan fingerprint density at radius 2 is 1.62 bits per heavy atom. The summed E-state index contributed by atoms with van der Waals surface area (Å²) in [4.78, 5) is 11.9. The first kappa shape index (κ1) is 14.8. The van der Waals surface area contributed by atoms with E-state index in [2.05, 4.69) is 0 Å². The average molecular weight is 298 g/mol. The van der Waals surface area contributed by atoms with E-state index in [9.17, 15) is 22.4 Å². The second-order valence-electron chi connectivity index (χ2n) is 4.39. The van der Waals surface area contributed by atoms with Gasteiger partial charge in [-0.05, 0) is 19.1 Å². The molecule has 0 saturated carbocycles. The van der Waals surface area contributed by atoms with Crippen LogP contribution in [-0.2, 0) is 0 Å². The maximum Gasteiger partial charge on any atom is 0.257 e. The first-order valence-corrected chi connectivity index (χ1v) is 5.81. The molecule has 0 aromatic heterocycles.